The number of carbonyl (C=O) groups excluding carboxylic acids is 4. The second-order valence-corrected chi connectivity index (χ2v) is 24.6. The van der Waals surface area contributed by atoms with Crippen LogP contribution >= 0.6 is 0 Å². The molecule has 17 heteroatoms. The average Bonchev–Trinajstić information content (AvgIpc) is 3.44. The van der Waals surface area contributed by atoms with Crippen LogP contribution in [0.5, 0.6) is 0 Å². The zero-order valence-electron chi connectivity index (χ0n) is 50.7. The van der Waals surface area contributed by atoms with Crippen molar-refractivity contribution in [2.45, 2.75) is 295 Å². The molecule has 0 heterocycles. The molecule has 2 rings (SSSR count). The Morgan fingerprint density at radius 2 is 0.519 bits per heavy atom. The topological polar surface area (TPSA) is 220 Å². The van der Waals surface area contributed by atoms with Gasteiger partial charge in [-0.2, -0.15) is 0 Å². The molecule has 0 saturated heterocycles. The zero-order valence-corrected chi connectivity index (χ0v) is 54.6. The molecule has 0 fully saturated rings. The van der Waals surface area contributed by atoms with Crippen LogP contribution in [-0.2, 0) is 39.2 Å². The number of rotatable bonds is 50. The number of hydrogen-bond acceptors (Lipinski definition) is 14. The monoisotopic (exact) mass is 1200 g/mol. The van der Waals surface area contributed by atoms with Crippen molar-refractivity contribution < 1.29 is 64.1 Å². The Morgan fingerprint density at radius 3 is 0.704 bits per heavy atom. The quantitative estimate of drug-likeness (QED) is 0.0198. The Balaban J connectivity index is 0.00000156. The summed E-state index contributed by atoms with van der Waals surface area (Å²) in [7, 11) is -9.60. The average molecular weight is 1200 g/mol. The predicted octanol–water partition coefficient (Wildman–Crippen LogP) is 17.0. The van der Waals surface area contributed by atoms with Crippen molar-refractivity contribution in [3.05, 3.63) is 70.8 Å². The van der Waals surface area contributed by atoms with Crippen molar-refractivity contribution in [2.24, 2.45) is 0 Å². The van der Waals surface area contributed by atoms with Gasteiger partial charge in [0.2, 0.25) is 0 Å². The molecule has 81 heavy (non-hydrogen) atoms. The van der Waals surface area contributed by atoms with Gasteiger partial charge in [-0.25, -0.2) is 36.0 Å². The van der Waals surface area contributed by atoms with E-state index in [0.717, 1.165) is 38.5 Å². The summed E-state index contributed by atoms with van der Waals surface area (Å²) >= 11 is 0. The molecular weight excluding hydrogens is 1100 g/mol. The second kappa shape index (κ2) is 51.8. The molecule has 0 bridgehead atoms. The van der Waals surface area contributed by atoms with Gasteiger partial charge in [-0.3, -0.25) is 0 Å². The summed E-state index contributed by atoms with van der Waals surface area (Å²) in [5, 5.41) is 0. The number of esters is 4. The smallest absolute Gasteiger partial charge is 0.745 e. The molecule has 0 N–H and O–H groups in total. The first kappa shape index (κ1) is 78.4. The van der Waals surface area contributed by atoms with Gasteiger partial charge in [0.25, 0.3) is 0 Å². The van der Waals surface area contributed by atoms with E-state index in [4.69, 9.17) is 18.9 Å². The van der Waals surface area contributed by atoms with E-state index in [1.54, 1.807) is 12.1 Å². The summed E-state index contributed by atoms with van der Waals surface area (Å²) in [6.07, 6.45) is 48.6. The molecule has 2 unspecified atom stereocenters. The Kier molecular flexibility index (Phi) is 50.1. The Hall–Kier alpha value is -2.60. The Morgan fingerprint density at radius 1 is 0.333 bits per heavy atom. The van der Waals surface area contributed by atoms with Crippen molar-refractivity contribution >= 4 is 81.9 Å². The summed E-state index contributed by atoms with van der Waals surface area (Å²) in [5.74, 6) is -3.43. The Labute approximate surface area is 521 Å². The van der Waals surface area contributed by atoms with Crippen LogP contribution in [0.2, 0.25) is 0 Å². The van der Waals surface area contributed by atoms with E-state index >= 15 is 0 Å². The van der Waals surface area contributed by atoms with Gasteiger partial charge in [-0.1, -0.05) is 283 Å². The minimum atomic E-state index is -4.80. The van der Waals surface area contributed by atoms with Gasteiger partial charge in [0.05, 0.1) is 35.5 Å². The fraction of sp³-hybridized carbons (Fsp3) is 0.750. The third-order valence-corrected chi connectivity index (χ3v) is 16.6. The number of unbranched alkanes of at least 4 members (excludes halogenated alkanes) is 36. The van der Waals surface area contributed by atoms with Crippen LogP contribution in [0.25, 0.3) is 0 Å². The summed E-state index contributed by atoms with van der Waals surface area (Å²) < 4.78 is 87.7. The maximum Gasteiger partial charge on any atom is 2.00 e. The maximum atomic E-state index is 12.5. The summed E-state index contributed by atoms with van der Waals surface area (Å²) in [6, 6.07) is 11.7. The number of benzene rings is 2. The van der Waals surface area contributed by atoms with E-state index in [1.807, 2.05) is 0 Å². The largest absolute Gasteiger partial charge is 2.00 e. The minimum Gasteiger partial charge on any atom is -0.745 e. The van der Waals surface area contributed by atoms with E-state index in [-0.39, 0.29) is 86.0 Å². The predicted molar refractivity (Wildman–Crippen MR) is 324 cm³/mol. The molecule has 0 aromatic heterocycles. The van der Waals surface area contributed by atoms with Crippen LogP contribution in [0.4, 0.5) is 0 Å². The van der Waals surface area contributed by atoms with Gasteiger partial charge in [0, 0.05) is 0 Å². The van der Waals surface area contributed by atoms with Crippen molar-refractivity contribution in [1.29, 1.82) is 0 Å². The van der Waals surface area contributed by atoms with E-state index in [1.165, 1.54) is 256 Å². The Bertz CT molecular complexity index is 1980. The first-order valence-electron chi connectivity index (χ1n) is 31.5. The first-order chi connectivity index (χ1) is 38.6. The van der Waals surface area contributed by atoms with Gasteiger partial charge < -0.3 is 28.1 Å². The standard InChI is InChI=1S/2C32H54O7S.Ca/c2*1-3-5-6-7-8-9-10-11-12-13-14-15-16-17-18-19-20-21-24-27-38-31(33)28-25-22-23-26-29(28)32(34)39-30(4-2)40(35,36)37;/h2*22-23,25-26,30H,3-21,24,27H2,1-2H3,(H,35,36,37);/q;;+2/p-2. The fourth-order valence-corrected chi connectivity index (χ4v) is 10.8. The summed E-state index contributed by atoms with van der Waals surface area (Å²) in [4.78, 5) is 49.8. The van der Waals surface area contributed by atoms with Gasteiger partial charge in [0.1, 0.15) is 20.2 Å². The molecule has 2 atom stereocenters. The number of ether oxygens (including phenoxy) is 4. The number of carbonyl (C=O) groups is 4. The van der Waals surface area contributed by atoms with Crippen LogP contribution in [0.3, 0.4) is 0 Å². The van der Waals surface area contributed by atoms with Crippen molar-refractivity contribution in [3.63, 3.8) is 0 Å². The van der Waals surface area contributed by atoms with Crippen LogP contribution < -0.4 is 0 Å². The van der Waals surface area contributed by atoms with E-state index in [0.29, 0.717) is 0 Å². The molecule has 0 aliphatic heterocycles. The maximum absolute atomic E-state index is 12.5. The van der Waals surface area contributed by atoms with Crippen LogP contribution in [-0.4, -0.2) is 112 Å². The molecule has 2 aromatic carbocycles. The van der Waals surface area contributed by atoms with Crippen molar-refractivity contribution in [1.82, 2.24) is 0 Å². The minimum absolute atomic E-state index is 0. The van der Waals surface area contributed by atoms with Crippen LogP contribution in [0, 0.1) is 0 Å². The molecule has 2 aromatic rings. The SMILES string of the molecule is CCCCCCCCCCCCCCCCCCCCCOC(=O)c1ccccc1C(=O)OC(CC)S(=O)(=O)[O-].CCCCCCCCCCCCCCCCCCCCCOC(=O)c1ccccc1C(=O)OC(CC)S(=O)(=O)[O-].[Ca+2]. The first-order valence-corrected chi connectivity index (χ1v) is 34.4. The van der Waals surface area contributed by atoms with Crippen LogP contribution in [0.15, 0.2) is 48.5 Å². The van der Waals surface area contributed by atoms with Gasteiger partial charge in [0.15, 0.2) is 10.9 Å². The van der Waals surface area contributed by atoms with Gasteiger partial charge >= 0.3 is 61.6 Å². The molecule has 14 nitrogen and oxygen atoms in total. The number of hydrogen-bond donors (Lipinski definition) is 0. The molecule has 460 valence electrons. The van der Waals surface area contributed by atoms with Crippen molar-refractivity contribution in [3.8, 4) is 0 Å². The third kappa shape index (κ3) is 41.2. The van der Waals surface area contributed by atoms with Gasteiger partial charge in [-0.05, 0) is 49.9 Å². The van der Waals surface area contributed by atoms with E-state index in [2.05, 4.69) is 13.8 Å². The second-order valence-electron chi connectivity index (χ2n) is 21.6. The third-order valence-electron chi connectivity index (χ3n) is 14.5. The van der Waals surface area contributed by atoms with E-state index in [9.17, 15) is 45.1 Å². The normalized spacial score (nSPS) is 12.1. The fourth-order valence-electron chi connectivity index (χ4n) is 9.58. The molecule has 0 aliphatic rings. The van der Waals surface area contributed by atoms with Gasteiger partial charge in [-0.15, -0.1) is 0 Å². The molecule has 0 amide bonds. The molecule has 0 radical (unpaired) electrons. The molecule has 0 saturated carbocycles. The zero-order chi connectivity index (χ0) is 59.0. The molecule has 0 spiro atoms. The summed E-state index contributed by atoms with van der Waals surface area (Å²) in [5.41, 5.74) is -3.86. The van der Waals surface area contributed by atoms with Crippen LogP contribution in [0.1, 0.15) is 326 Å². The molecular formula is C64H106CaO14S2. The molecule has 0 aliphatic carbocycles. The van der Waals surface area contributed by atoms with Crippen molar-refractivity contribution in [2.75, 3.05) is 13.2 Å². The summed E-state index contributed by atoms with van der Waals surface area (Å²) in [6.45, 7) is 7.87. The van der Waals surface area contributed by atoms with E-state index < -0.39 is 55.0 Å².